The normalized spacial score (nSPS) is 18.9. The Labute approximate surface area is 201 Å². The number of aliphatic hydroxyl groups is 1. The summed E-state index contributed by atoms with van der Waals surface area (Å²) in [4.78, 5) is 38.3. The number of imide groups is 1. The summed E-state index contributed by atoms with van der Waals surface area (Å²) in [5.41, 5.74) is 1.81. The van der Waals surface area contributed by atoms with Crippen molar-refractivity contribution in [2.45, 2.75) is 65.7 Å². The number of amides is 3. The molecule has 34 heavy (non-hydrogen) atoms. The number of ether oxygens (including phenoxy) is 2. The van der Waals surface area contributed by atoms with Gasteiger partial charge in [0, 0.05) is 6.54 Å². The Morgan fingerprint density at radius 2 is 1.88 bits per heavy atom. The van der Waals surface area contributed by atoms with Gasteiger partial charge in [0.2, 0.25) is 5.91 Å². The number of cyclic esters (lactones) is 1. The zero-order valence-corrected chi connectivity index (χ0v) is 20.8. The third kappa shape index (κ3) is 8.02. The summed E-state index contributed by atoms with van der Waals surface area (Å²) >= 11 is 0. The molecule has 1 aliphatic heterocycles. The van der Waals surface area contributed by atoms with Crippen molar-refractivity contribution in [1.29, 1.82) is 0 Å². The van der Waals surface area contributed by atoms with Crippen molar-refractivity contribution >= 4 is 18.1 Å². The minimum atomic E-state index is -1.08. The standard InChI is InChI=1S/C26H36N2O6/c1-17(15-27-24(31)34-26(4,5)6)12-13-18(2)22(29)19(3)23(30)28-21(16-33-25(28)32)14-20-10-8-7-9-11-20/h7-13,19,21-22,29H,14-16H2,1-6H3,(H,27,31)/b17-12+,18-13+/t19-,21-,22+/m0/s1. The minimum absolute atomic E-state index is 0.129. The van der Waals surface area contributed by atoms with Crippen LogP contribution in [0.5, 0.6) is 0 Å². The van der Waals surface area contributed by atoms with Crippen LogP contribution in [0.4, 0.5) is 9.59 Å². The number of benzene rings is 1. The smallest absolute Gasteiger partial charge is 0.416 e. The fourth-order valence-electron chi connectivity index (χ4n) is 3.47. The van der Waals surface area contributed by atoms with Crippen LogP contribution in [0.15, 0.2) is 53.6 Å². The molecule has 0 bridgehead atoms. The summed E-state index contributed by atoms with van der Waals surface area (Å²) in [6.07, 6.45) is 1.67. The molecular weight excluding hydrogens is 436 g/mol. The monoisotopic (exact) mass is 472 g/mol. The lowest BCUT2D eigenvalue weighted by Gasteiger charge is -2.26. The molecule has 1 heterocycles. The largest absolute Gasteiger partial charge is 0.447 e. The lowest BCUT2D eigenvalue weighted by molar-refractivity contribution is -0.135. The first-order valence-corrected chi connectivity index (χ1v) is 11.4. The number of nitrogens with zero attached hydrogens (tertiary/aromatic N) is 1. The average Bonchev–Trinajstić information content (AvgIpc) is 3.13. The number of allylic oxidation sites excluding steroid dienone is 2. The Kier molecular flexibility index (Phi) is 9.44. The zero-order chi connectivity index (χ0) is 25.5. The molecule has 0 unspecified atom stereocenters. The van der Waals surface area contributed by atoms with E-state index in [1.54, 1.807) is 46.8 Å². The molecule has 1 aliphatic rings. The van der Waals surface area contributed by atoms with E-state index in [2.05, 4.69) is 5.32 Å². The van der Waals surface area contributed by atoms with Gasteiger partial charge in [-0.25, -0.2) is 14.5 Å². The molecular formula is C26H36N2O6. The molecule has 2 rings (SSSR count). The van der Waals surface area contributed by atoms with Gasteiger partial charge >= 0.3 is 12.2 Å². The van der Waals surface area contributed by atoms with E-state index in [4.69, 9.17) is 9.47 Å². The molecule has 2 N–H and O–H groups in total. The van der Waals surface area contributed by atoms with Gasteiger partial charge in [-0.2, -0.15) is 0 Å². The molecule has 0 spiro atoms. The van der Waals surface area contributed by atoms with Crippen LogP contribution in [0.25, 0.3) is 0 Å². The van der Waals surface area contributed by atoms with E-state index in [1.165, 1.54) is 0 Å². The summed E-state index contributed by atoms with van der Waals surface area (Å²) in [6, 6.07) is 9.16. The van der Waals surface area contributed by atoms with Gasteiger partial charge < -0.3 is 19.9 Å². The highest BCUT2D eigenvalue weighted by molar-refractivity contribution is 5.95. The Balaban J connectivity index is 1.99. The van der Waals surface area contributed by atoms with E-state index in [1.807, 2.05) is 37.3 Å². The predicted octanol–water partition coefficient (Wildman–Crippen LogP) is 3.99. The lowest BCUT2D eigenvalue weighted by Crippen LogP contribution is -2.45. The first kappa shape index (κ1) is 27.1. The predicted molar refractivity (Wildman–Crippen MR) is 129 cm³/mol. The summed E-state index contributed by atoms with van der Waals surface area (Å²) in [5, 5.41) is 13.4. The third-order valence-electron chi connectivity index (χ3n) is 5.38. The van der Waals surface area contributed by atoms with E-state index >= 15 is 0 Å². The number of carbonyl (C=O) groups excluding carboxylic acids is 3. The second kappa shape index (κ2) is 11.8. The van der Waals surface area contributed by atoms with Gasteiger partial charge in [0.25, 0.3) is 0 Å². The molecule has 1 aromatic rings. The molecule has 186 valence electrons. The number of rotatable bonds is 8. The van der Waals surface area contributed by atoms with Crippen LogP contribution in [-0.2, 0) is 20.7 Å². The van der Waals surface area contributed by atoms with E-state index < -0.39 is 41.8 Å². The Morgan fingerprint density at radius 1 is 1.24 bits per heavy atom. The van der Waals surface area contributed by atoms with Crippen LogP contribution in [0.2, 0.25) is 0 Å². The molecule has 1 fully saturated rings. The Bertz CT molecular complexity index is 932. The maximum absolute atomic E-state index is 13.1. The van der Waals surface area contributed by atoms with Crippen molar-refractivity contribution in [3.05, 3.63) is 59.2 Å². The van der Waals surface area contributed by atoms with E-state index in [9.17, 15) is 19.5 Å². The van der Waals surface area contributed by atoms with E-state index in [0.717, 1.165) is 16.0 Å². The van der Waals surface area contributed by atoms with Crippen molar-refractivity contribution < 1.29 is 29.0 Å². The number of carbonyl (C=O) groups is 3. The van der Waals surface area contributed by atoms with Crippen molar-refractivity contribution in [1.82, 2.24) is 10.2 Å². The second-order valence-corrected chi connectivity index (χ2v) is 9.64. The molecule has 0 aromatic heterocycles. The van der Waals surface area contributed by atoms with Crippen LogP contribution in [-0.4, -0.2) is 59.0 Å². The summed E-state index contributed by atoms with van der Waals surface area (Å²) in [7, 11) is 0. The Hall–Kier alpha value is -3.13. The van der Waals surface area contributed by atoms with Gasteiger partial charge in [0.15, 0.2) is 0 Å². The molecule has 1 saturated heterocycles. The summed E-state index contributed by atoms with van der Waals surface area (Å²) in [6.45, 7) is 10.9. The van der Waals surface area contributed by atoms with Crippen molar-refractivity contribution in [2.75, 3.05) is 13.2 Å². The topological polar surface area (TPSA) is 105 Å². The van der Waals surface area contributed by atoms with E-state index in [-0.39, 0.29) is 13.2 Å². The van der Waals surface area contributed by atoms with Gasteiger partial charge in [-0.3, -0.25) is 4.79 Å². The van der Waals surface area contributed by atoms with Gasteiger partial charge in [0.05, 0.1) is 18.1 Å². The van der Waals surface area contributed by atoms with Crippen LogP contribution in [0, 0.1) is 5.92 Å². The summed E-state index contributed by atoms with van der Waals surface area (Å²) in [5.74, 6) is -1.32. The maximum Gasteiger partial charge on any atom is 0.416 e. The SMILES string of the molecule is C/C(=C\C=C(/C)[C@@H](O)[C@H](C)C(=O)N1C(=O)OC[C@@H]1Cc1ccccc1)CNC(=O)OC(C)(C)C. The van der Waals surface area contributed by atoms with Gasteiger partial charge in [0.1, 0.15) is 12.2 Å². The quantitative estimate of drug-likeness (QED) is 0.554. The molecule has 1 aromatic carbocycles. The van der Waals surface area contributed by atoms with Crippen molar-refractivity contribution in [3.63, 3.8) is 0 Å². The molecule has 3 atom stereocenters. The fourth-order valence-corrected chi connectivity index (χ4v) is 3.47. The molecule has 0 radical (unpaired) electrons. The third-order valence-corrected chi connectivity index (χ3v) is 5.38. The first-order valence-electron chi connectivity index (χ1n) is 11.4. The van der Waals surface area contributed by atoms with E-state index in [0.29, 0.717) is 12.0 Å². The van der Waals surface area contributed by atoms with Crippen LogP contribution in [0.3, 0.4) is 0 Å². The zero-order valence-electron chi connectivity index (χ0n) is 20.8. The molecule has 3 amide bonds. The lowest BCUT2D eigenvalue weighted by atomic mass is 9.95. The summed E-state index contributed by atoms with van der Waals surface area (Å²) < 4.78 is 10.3. The van der Waals surface area contributed by atoms with Crippen molar-refractivity contribution in [3.8, 4) is 0 Å². The van der Waals surface area contributed by atoms with Crippen LogP contribution in [0.1, 0.15) is 47.1 Å². The second-order valence-electron chi connectivity index (χ2n) is 9.64. The molecule has 8 nitrogen and oxygen atoms in total. The number of aliphatic hydroxyl groups excluding tert-OH is 1. The fraction of sp³-hybridized carbons (Fsp3) is 0.500. The molecule has 0 aliphatic carbocycles. The number of nitrogens with one attached hydrogen (secondary N) is 1. The van der Waals surface area contributed by atoms with Gasteiger partial charge in [-0.15, -0.1) is 0 Å². The minimum Gasteiger partial charge on any atom is -0.447 e. The highest BCUT2D eigenvalue weighted by atomic mass is 16.6. The average molecular weight is 473 g/mol. The first-order chi connectivity index (χ1) is 15.9. The van der Waals surface area contributed by atoms with Crippen LogP contribution < -0.4 is 5.32 Å². The number of alkyl carbamates (subject to hydrolysis) is 1. The Morgan fingerprint density at radius 3 is 2.50 bits per heavy atom. The highest BCUT2D eigenvalue weighted by Gasteiger charge is 2.41. The van der Waals surface area contributed by atoms with Gasteiger partial charge in [-0.1, -0.05) is 55.0 Å². The van der Waals surface area contributed by atoms with Gasteiger partial charge in [-0.05, 0) is 52.2 Å². The number of hydrogen-bond donors (Lipinski definition) is 2. The number of hydrogen-bond acceptors (Lipinski definition) is 6. The molecule has 0 saturated carbocycles. The molecule has 8 heteroatoms. The highest BCUT2D eigenvalue weighted by Crippen LogP contribution is 2.23. The maximum atomic E-state index is 13.1. The van der Waals surface area contributed by atoms with Crippen LogP contribution >= 0.6 is 0 Å². The van der Waals surface area contributed by atoms with Crippen molar-refractivity contribution in [2.24, 2.45) is 5.92 Å².